The Morgan fingerprint density at radius 1 is 0.741 bits per heavy atom. The minimum atomic E-state index is -0.482. The van der Waals surface area contributed by atoms with Crippen molar-refractivity contribution in [1.82, 2.24) is 10.6 Å². The van der Waals surface area contributed by atoms with E-state index in [1.54, 1.807) is 24.3 Å². The minimum absolute atomic E-state index is 0.365. The number of hydrogen-bond acceptors (Lipinski definition) is 6. The van der Waals surface area contributed by atoms with Crippen LogP contribution in [0.25, 0.3) is 0 Å². The maximum atomic E-state index is 11.0. The number of methoxy groups -OCH3 is 2. The van der Waals surface area contributed by atoms with Gasteiger partial charge in [0.15, 0.2) is 0 Å². The van der Waals surface area contributed by atoms with Gasteiger partial charge in [-0.3, -0.25) is 0 Å². The summed E-state index contributed by atoms with van der Waals surface area (Å²) in [6.45, 7) is 0.731. The van der Waals surface area contributed by atoms with E-state index >= 15 is 0 Å². The van der Waals surface area contributed by atoms with E-state index < -0.39 is 12.2 Å². The molecule has 2 amide bonds. The molecule has 141 valence electrons. The summed E-state index contributed by atoms with van der Waals surface area (Å²) in [6.07, 6.45) is -0.965. The fourth-order valence-corrected chi connectivity index (χ4v) is 2.00. The van der Waals surface area contributed by atoms with E-state index in [1.807, 2.05) is 24.3 Å². The molecule has 0 bridgehead atoms. The number of carbonyl (C=O) groups is 2. The molecule has 0 saturated carbocycles. The number of benzene rings is 2. The molecule has 9 heteroatoms. The van der Waals surface area contributed by atoms with Gasteiger partial charge in [-0.05, 0) is 35.4 Å². The van der Waals surface area contributed by atoms with Crippen molar-refractivity contribution in [3.8, 4) is 11.5 Å². The van der Waals surface area contributed by atoms with Gasteiger partial charge in [-0.1, -0.05) is 24.3 Å². The molecule has 0 aliphatic carbocycles. The van der Waals surface area contributed by atoms with Gasteiger partial charge >= 0.3 is 19.9 Å². The summed E-state index contributed by atoms with van der Waals surface area (Å²) in [5.74, 6) is 1.19. The molecule has 0 spiro atoms. The number of rotatable bonds is 8. The van der Waals surface area contributed by atoms with Crippen LogP contribution in [0.4, 0.5) is 9.59 Å². The molecule has 0 unspecified atom stereocenters. The quantitative estimate of drug-likeness (QED) is 0.692. The van der Waals surface area contributed by atoms with Crippen molar-refractivity contribution in [2.24, 2.45) is 0 Å². The van der Waals surface area contributed by atoms with Crippen molar-refractivity contribution in [2.75, 3.05) is 14.2 Å². The summed E-state index contributed by atoms with van der Waals surface area (Å²) in [5, 5.41) is 5.18. The van der Waals surface area contributed by atoms with Crippen molar-refractivity contribution in [3.05, 3.63) is 59.7 Å². The zero-order valence-corrected chi connectivity index (χ0v) is 15.1. The number of ether oxygens (including phenoxy) is 2. The average Bonchev–Trinajstić information content (AvgIpc) is 2.72. The maximum absolute atomic E-state index is 11.0. The van der Waals surface area contributed by atoms with Crippen molar-refractivity contribution >= 4 is 19.9 Å². The van der Waals surface area contributed by atoms with Crippen LogP contribution in [-0.2, 0) is 22.6 Å². The zero-order valence-electron chi connectivity index (χ0n) is 15.1. The minimum Gasteiger partial charge on any atom is -0.526 e. The van der Waals surface area contributed by atoms with Gasteiger partial charge in [0, 0.05) is 13.1 Å². The van der Waals surface area contributed by atoms with E-state index in [0.29, 0.717) is 24.6 Å². The molecule has 27 heavy (non-hydrogen) atoms. The Labute approximate surface area is 158 Å². The first-order chi connectivity index (χ1) is 13.1. The molecule has 2 N–H and O–H groups in total. The number of carbonyl (C=O) groups excluding carboxylic acids is 2. The smallest absolute Gasteiger partial charge is 0.526 e. The highest BCUT2D eigenvalue weighted by Crippen LogP contribution is 2.14. The van der Waals surface area contributed by atoms with E-state index in [-0.39, 0.29) is 0 Å². The van der Waals surface area contributed by atoms with Crippen LogP contribution in [0, 0.1) is 0 Å². The van der Waals surface area contributed by atoms with Crippen LogP contribution < -0.4 is 19.9 Å². The zero-order chi connectivity index (χ0) is 19.5. The van der Waals surface area contributed by atoms with Gasteiger partial charge < -0.3 is 29.4 Å². The van der Waals surface area contributed by atoms with E-state index in [1.165, 1.54) is 21.9 Å². The molecule has 2 aromatic rings. The predicted molar refractivity (Wildman–Crippen MR) is 98.4 cm³/mol. The molecule has 0 saturated heterocycles. The second-order valence-electron chi connectivity index (χ2n) is 5.31. The van der Waals surface area contributed by atoms with E-state index in [9.17, 15) is 9.59 Å². The fourth-order valence-electron chi connectivity index (χ4n) is 2.00. The lowest BCUT2D eigenvalue weighted by Gasteiger charge is -2.09. The molecule has 8 nitrogen and oxygen atoms in total. The predicted octanol–water partition coefficient (Wildman–Crippen LogP) is 2.39. The van der Waals surface area contributed by atoms with Gasteiger partial charge in [-0.15, -0.1) is 0 Å². The highest BCUT2D eigenvalue weighted by Gasteiger charge is 2.04. The average molecular weight is 371 g/mol. The van der Waals surface area contributed by atoms with Crippen LogP contribution in [-0.4, -0.2) is 34.1 Å². The van der Waals surface area contributed by atoms with Crippen molar-refractivity contribution in [1.29, 1.82) is 0 Å². The summed E-state index contributed by atoms with van der Waals surface area (Å²) in [5.41, 5.74) is 1.81. The third kappa shape index (κ3) is 7.19. The Hall–Kier alpha value is -3.36. The van der Waals surface area contributed by atoms with Gasteiger partial charge in [0.05, 0.1) is 14.2 Å². The van der Waals surface area contributed by atoms with Gasteiger partial charge in [-0.25, -0.2) is 9.59 Å². The Morgan fingerprint density at radius 3 is 1.44 bits per heavy atom. The SMILES string of the molecule is COC(=O)NCc1ccc(O[B]Oc2ccc(CNC(=O)OC)cc2)cc1. The number of amides is 2. The van der Waals surface area contributed by atoms with Crippen LogP contribution in [0.3, 0.4) is 0 Å². The number of hydrogen-bond donors (Lipinski definition) is 2. The summed E-state index contributed by atoms with van der Waals surface area (Å²) >= 11 is 0. The third-order valence-electron chi connectivity index (χ3n) is 3.46. The van der Waals surface area contributed by atoms with Crippen LogP contribution >= 0.6 is 0 Å². The van der Waals surface area contributed by atoms with E-state index in [4.69, 9.17) is 9.31 Å². The third-order valence-corrected chi connectivity index (χ3v) is 3.46. The van der Waals surface area contributed by atoms with Crippen molar-refractivity contribution in [3.63, 3.8) is 0 Å². The lowest BCUT2D eigenvalue weighted by Crippen LogP contribution is -2.22. The Balaban J connectivity index is 1.72. The molecule has 0 heterocycles. The maximum Gasteiger partial charge on any atom is 0.658 e. The van der Waals surface area contributed by atoms with E-state index in [2.05, 4.69) is 20.1 Å². The van der Waals surface area contributed by atoms with Crippen LogP contribution in [0.15, 0.2) is 48.5 Å². The Kier molecular flexibility index (Phi) is 7.83. The lowest BCUT2D eigenvalue weighted by atomic mass is 10.2. The Morgan fingerprint density at radius 2 is 1.11 bits per heavy atom. The van der Waals surface area contributed by atoms with Crippen LogP contribution in [0.2, 0.25) is 0 Å². The molecule has 0 aliphatic heterocycles. The highest BCUT2D eigenvalue weighted by atomic mass is 16.6. The molecule has 0 fully saturated rings. The molecule has 2 rings (SSSR count). The molecule has 1 radical (unpaired) electrons. The molecule has 2 aromatic carbocycles. The lowest BCUT2D eigenvalue weighted by molar-refractivity contribution is 0.169. The normalized spacial score (nSPS) is 9.70. The number of nitrogens with one attached hydrogen (secondary N) is 2. The summed E-state index contributed by atoms with van der Waals surface area (Å²) < 4.78 is 19.8. The molecule has 0 aliphatic rings. The second-order valence-corrected chi connectivity index (χ2v) is 5.31. The first kappa shape index (κ1) is 20.0. The summed E-state index contributed by atoms with van der Waals surface area (Å²) in [7, 11) is 3.85. The number of alkyl carbamates (subject to hydrolysis) is 2. The molecular formula is C18H20BN2O6. The molecule has 0 atom stereocenters. The van der Waals surface area contributed by atoms with Crippen LogP contribution in [0.1, 0.15) is 11.1 Å². The van der Waals surface area contributed by atoms with Crippen molar-refractivity contribution < 1.29 is 28.4 Å². The van der Waals surface area contributed by atoms with Gasteiger partial charge in [0.2, 0.25) is 0 Å². The van der Waals surface area contributed by atoms with Gasteiger partial charge in [0.1, 0.15) is 11.5 Å². The molecular weight excluding hydrogens is 351 g/mol. The first-order valence-electron chi connectivity index (χ1n) is 8.07. The topological polar surface area (TPSA) is 95.1 Å². The van der Waals surface area contributed by atoms with E-state index in [0.717, 1.165) is 11.1 Å². The Bertz CT molecular complexity index is 673. The molecule has 0 aromatic heterocycles. The largest absolute Gasteiger partial charge is 0.658 e. The van der Waals surface area contributed by atoms with Gasteiger partial charge in [0.25, 0.3) is 0 Å². The van der Waals surface area contributed by atoms with Crippen LogP contribution in [0.5, 0.6) is 11.5 Å². The monoisotopic (exact) mass is 371 g/mol. The fraction of sp³-hybridized carbons (Fsp3) is 0.222. The highest BCUT2D eigenvalue weighted by molar-refractivity contribution is 6.20. The summed E-state index contributed by atoms with van der Waals surface area (Å²) in [4.78, 5) is 22.1. The van der Waals surface area contributed by atoms with Gasteiger partial charge in [-0.2, -0.15) is 0 Å². The van der Waals surface area contributed by atoms with Crippen molar-refractivity contribution in [2.45, 2.75) is 13.1 Å². The first-order valence-corrected chi connectivity index (χ1v) is 8.07. The summed E-state index contributed by atoms with van der Waals surface area (Å²) in [6, 6.07) is 14.3. The second kappa shape index (κ2) is 10.6. The standard InChI is InChI=1S/C18H20BN2O6/c1-24-17(22)20-11-13-3-7-15(8-4-13)26-19-27-16-9-5-14(6-10-16)12-21-18(23)25-2/h3-10H,11-12H2,1-2H3,(H,20,22)(H,21,23).